The van der Waals surface area contributed by atoms with Crippen molar-refractivity contribution < 1.29 is 14.6 Å². The van der Waals surface area contributed by atoms with Crippen LogP contribution in [0.5, 0.6) is 5.75 Å². The van der Waals surface area contributed by atoms with Crippen molar-refractivity contribution in [3.8, 4) is 5.75 Å². The summed E-state index contributed by atoms with van der Waals surface area (Å²) in [5.41, 5.74) is 0.571. The third kappa shape index (κ3) is 3.82. The number of benzene rings is 1. The van der Waals surface area contributed by atoms with Crippen LogP contribution in [0.3, 0.4) is 0 Å². The number of rotatable bonds is 5. The molecule has 0 saturated carbocycles. The Hall–Kier alpha value is -1.40. The van der Waals surface area contributed by atoms with Gasteiger partial charge in [0.05, 0.1) is 12.1 Å². The Balaban J connectivity index is 1.92. The molecule has 0 amide bonds. The summed E-state index contributed by atoms with van der Waals surface area (Å²) in [4.78, 5) is 14.7. The van der Waals surface area contributed by atoms with Gasteiger partial charge in [-0.2, -0.15) is 0 Å². The topological polar surface area (TPSA) is 59.4 Å². The molecule has 1 heterocycles. The third-order valence-electron chi connectivity index (χ3n) is 2.11. The Kier molecular flexibility index (Phi) is 4.33. The van der Waals surface area contributed by atoms with Crippen molar-refractivity contribution in [2.45, 2.75) is 13.0 Å². The van der Waals surface area contributed by atoms with Crippen molar-refractivity contribution in [3.05, 3.63) is 44.8 Å². The number of thiazole rings is 1. The second kappa shape index (κ2) is 5.97. The van der Waals surface area contributed by atoms with Crippen molar-refractivity contribution in [3.63, 3.8) is 0 Å². The van der Waals surface area contributed by atoms with E-state index in [9.17, 15) is 4.79 Å². The Morgan fingerprint density at radius 1 is 1.39 bits per heavy atom. The highest BCUT2D eigenvalue weighted by Gasteiger charge is 2.06. The molecule has 0 unspecified atom stereocenters. The lowest BCUT2D eigenvalue weighted by atomic mass is 10.3. The second-order valence-corrected chi connectivity index (χ2v) is 5.40. The predicted octanol–water partition coefficient (Wildman–Crippen LogP) is 3.11. The van der Waals surface area contributed by atoms with E-state index >= 15 is 0 Å². The average molecular weight is 328 g/mol. The zero-order chi connectivity index (χ0) is 13.0. The molecule has 4 nitrogen and oxygen atoms in total. The zero-order valence-corrected chi connectivity index (χ0v) is 11.7. The molecule has 2 aromatic rings. The van der Waals surface area contributed by atoms with Gasteiger partial charge >= 0.3 is 5.97 Å². The maximum absolute atomic E-state index is 10.5. The molecule has 18 heavy (non-hydrogen) atoms. The maximum atomic E-state index is 10.5. The van der Waals surface area contributed by atoms with Gasteiger partial charge in [-0.25, -0.2) is 4.98 Å². The molecule has 6 heteroatoms. The van der Waals surface area contributed by atoms with Crippen LogP contribution in [0.2, 0.25) is 0 Å². The second-order valence-electron chi connectivity index (χ2n) is 3.55. The molecule has 0 aliphatic carbocycles. The van der Waals surface area contributed by atoms with E-state index in [-0.39, 0.29) is 6.42 Å². The highest BCUT2D eigenvalue weighted by molar-refractivity contribution is 9.10. The molecule has 1 aromatic carbocycles. The highest BCUT2D eigenvalue weighted by Crippen LogP contribution is 2.18. The van der Waals surface area contributed by atoms with Crippen LogP contribution in [0.15, 0.2) is 34.1 Å². The summed E-state index contributed by atoms with van der Waals surface area (Å²) in [5, 5.41) is 11.2. The lowest BCUT2D eigenvalue weighted by molar-refractivity contribution is -0.136. The minimum Gasteiger partial charge on any atom is -0.486 e. The number of hydrogen-bond acceptors (Lipinski definition) is 4. The monoisotopic (exact) mass is 327 g/mol. The fraction of sp³-hybridized carbons (Fsp3) is 0.167. The number of carbonyl (C=O) groups is 1. The van der Waals surface area contributed by atoms with E-state index in [4.69, 9.17) is 9.84 Å². The normalized spacial score (nSPS) is 10.3. The molecule has 94 valence electrons. The summed E-state index contributed by atoms with van der Waals surface area (Å²) in [7, 11) is 0. The first kappa shape index (κ1) is 13.0. The van der Waals surface area contributed by atoms with E-state index in [1.807, 2.05) is 24.3 Å². The van der Waals surface area contributed by atoms with Gasteiger partial charge in [0.15, 0.2) is 0 Å². The Bertz CT molecular complexity index is 539. The van der Waals surface area contributed by atoms with Crippen molar-refractivity contribution in [2.75, 3.05) is 0 Å². The molecule has 0 aliphatic heterocycles. The largest absolute Gasteiger partial charge is 0.486 e. The number of nitrogens with zero attached hydrogens (tertiary/aromatic N) is 1. The quantitative estimate of drug-likeness (QED) is 0.916. The number of aromatic nitrogens is 1. The Labute approximate surface area is 116 Å². The first-order valence-corrected chi connectivity index (χ1v) is 6.84. The number of hydrogen-bond donors (Lipinski definition) is 1. The van der Waals surface area contributed by atoms with Crippen molar-refractivity contribution in [2.24, 2.45) is 0 Å². The minimum absolute atomic E-state index is 0.0468. The molecule has 1 N–H and O–H groups in total. The van der Waals surface area contributed by atoms with Gasteiger partial charge in [0, 0.05) is 9.85 Å². The summed E-state index contributed by atoms with van der Waals surface area (Å²) in [5.74, 6) is -0.117. The van der Waals surface area contributed by atoms with Crippen molar-refractivity contribution in [1.29, 1.82) is 0 Å². The number of aliphatic carboxylic acids is 1. The smallest absolute Gasteiger partial charge is 0.309 e. The molecule has 1 aromatic heterocycles. The molecule has 0 saturated heterocycles. The SMILES string of the molecule is O=C(O)Cc1csc(COc2ccc(Br)cc2)n1. The highest BCUT2D eigenvalue weighted by atomic mass is 79.9. The van der Waals surface area contributed by atoms with Crippen LogP contribution in [-0.4, -0.2) is 16.1 Å². The summed E-state index contributed by atoms with van der Waals surface area (Å²) in [6, 6.07) is 7.51. The fourth-order valence-electron chi connectivity index (χ4n) is 1.33. The van der Waals surface area contributed by atoms with E-state index in [1.165, 1.54) is 11.3 Å². The van der Waals surface area contributed by atoms with Gasteiger partial charge in [-0.15, -0.1) is 11.3 Å². The molecule has 0 aliphatic rings. The van der Waals surface area contributed by atoms with Gasteiger partial charge in [-0.1, -0.05) is 15.9 Å². The van der Waals surface area contributed by atoms with Gasteiger partial charge < -0.3 is 9.84 Å². The summed E-state index contributed by atoms with van der Waals surface area (Å²) >= 11 is 4.75. The molecule has 0 bridgehead atoms. The third-order valence-corrected chi connectivity index (χ3v) is 3.51. The van der Waals surface area contributed by atoms with Crippen molar-refractivity contribution >= 4 is 33.2 Å². The maximum Gasteiger partial charge on any atom is 0.309 e. The minimum atomic E-state index is -0.874. The molecule has 0 fully saturated rings. The number of carboxylic acid groups (broad SMARTS) is 1. The van der Waals surface area contributed by atoms with Crippen LogP contribution in [0.25, 0.3) is 0 Å². The molecule has 2 rings (SSSR count). The number of halogens is 1. The van der Waals surface area contributed by atoms with E-state index in [0.29, 0.717) is 12.3 Å². The van der Waals surface area contributed by atoms with Crippen molar-refractivity contribution in [1.82, 2.24) is 4.98 Å². The van der Waals surface area contributed by atoms with Gasteiger partial charge in [0.1, 0.15) is 17.4 Å². The van der Waals surface area contributed by atoms with E-state index < -0.39 is 5.97 Å². The van der Waals surface area contributed by atoms with Crippen LogP contribution >= 0.6 is 27.3 Å². The van der Waals surface area contributed by atoms with Crippen LogP contribution in [0, 0.1) is 0 Å². The van der Waals surface area contributed by atoms with Gasteiger partial charge in [-0.05, 0) is 24.3 Å². The molecular formula is C12H10BrNO3S. The van der Waals surface area contributed by atoms with Gasteiger partial charge in [0.25, 0.3) is 0 Å². The van der Waals surface area contributed by atoms with E-state index in [1.54, 1.807) is 5.38 Å². The molecule has 0 atom stereocenters. The standard InChI is InChI=1S/C12H10BrNO3S/c13-8-1-3-10(4-2-8)17-6-11-14-9(7-18-11)5-12(15)16/h1-4,7H,5-6H2,(H,15,16). The summed E-state index contributed by atoms with van der Waals surface area (Å²) < 4.78 is 6.54. The molecule has 0 spiro atoms. The number of ether oxygens (including phenoxy) is 1. The summed E-state index contributed by atoms with van der Waals surface area (Å²) in [6.07, 6.45) is -0.0468. The Morgan fingerprint density at radius 3 is 2.78 bits per heavy atom. The predicted molar refractivity (Wildman–Crippen MR) is 71.9 cm³/mol. The molecule has 0 radical (unpaired) electrons. The van der Waals surface area contributed by atoms with E-state index in [2.05, 4.69) is 20.9 Å². The lowest BCUT2D eigenvalue weighted by Crippen LogP contribution is -2.01. The fourth-order valence-corrected chi connectivity index (χ4v) is 2.30. The average Bonchev–Trinajstić information content (AvgIpc) is 2.75. The van der Waals surface area contributed by atoms with Gasteiger partial charge in [0.2, 0.25) is 0 Å². The lowest BCUT2D eigenvalue weighted by Gasteiger charge is -2.03. The first-order valence-electron chi connectivity index (χ1n) is 5.17. The van der Waals surface area contributed by atoms with Crippen LogP contribution in [0.4, 0.5) is 0 Å². The first-order chi connectivity index (χ1) is 8.63. The zero-order valence-electron chi connectivity index (χ0n) is 9.30. The summed E-state index contributed by atoms with van der Waals surface area (Å²) in [6.45, 7) is 0.353. The molecular weight excluding hydrogens is 318 g/mol. The number of carboxylic acids is 1. The van der Waals surface area contributed by atoms with Gasteiger partial charge in [-0.3, -0.25) is 4.79 Å². The van der Waals surface area contributed by atoms with Crippen LogP contribution in [0.1, 0.15) is 10.7 Å². The Morgan fingerprint density at radius 2 is 2.11 bits per heavy atom. The van der Waals surface area contributed by atoms with Crippen LogP contribution < -0.4 is 4.74 Å². The van der Waals surface area contributed by atoms with E-state index in [0.717, 1.165) is 15.2 Å². The van der Waals surface area contributed by atoms with Crippen LogP contribution in [-0.2, 0) is 17.8 Å².